The van der Waals surface area contributed by atoms with E-state index in [2.05, 4.69) is 26.6 Å². The van der Waals surface area contributed by atoms with Crippen LogP contribution in [0.25, 0.3) is 0 Å². The highest BCUT2D eigenvalue weighted by Gasteiger charge is 2.30. The molecule has 0 bridgehead atoms. The van der Waals surface area contributed by atoms with Crippen LogP contribution < -0.4 is 16.0 Å². The lowest BCUT2D eigenvalue weighted by molar-refractivity contribution is -0.116. The molecule has 0 aliphatic rings. The van der Waals surface area contributed by atoms with Gasteiger partial charge in [0.05, 0.1) is 27.2 Å². The molecule has 0 heterocycles. The molecule has 3 aromatic carbocycles. The number of carbonyl (C=O) groups is 3. The second-order valence-electron chi connectivity index (χ2n) is 10.2. The van der Waals surface area contributed by atoms with Gasteiger partial charge in [-0.15, -0.1) is 23.2 Å². The Morgan fingerprint density at radius 2 is 1.58 bits per heavy atom. The van der Waals surface area contributed by atoms with Gasteiger partial charge in [0.2, 0.25) is 5.91 Å². The third-order valence-electron chi connectivity index (χ3n) is 5.40. The number of alkyl halides is 2. The number of rotatable bonds is 8. The van der Waals surface area contributed by atoms with Gasteiger partial charge >= 0.3 is 6.09 Å². The van der Waals surface area contributed by atoms with Gasteiger partial charge in [0, 0.05) is 12.1 Å². The number of amides is 3. The number of anilines is 3. The summed E-state index contributed by atoms with van der Waals surface area (Å²) in [4.78, 5) is 37.6. The third kappa shape index (κ3) is 9.72. The molecule has 15 heteroatoms. The minimum absolute atomic E-state index is 0.0650. The highest BCUT2D eigenvalue weighted by molar-refractivity contribution is 9.10. The van der Waals surface area contributed by atoms with Gasteiger partial charge < -0.3 is 15.4 Å². The Kier molecular flexibility index (Phi) is 11.0. The van der Waals surface area contributed by atoms with Crippen LogP contribution in [-0.2, 0) is 16.0 Å². The van der Waals surface area contributed by atoms with E-state index < -0.39 is 75.3 Å². The molecule has 0 saturated carbocycles. The first kappa shape index (κ1) is 34.4. The molecule has 3 N–H and O–H groups in total. The van der Waals surface area contributed by atoms with Gasteiger partial charge in [-0.1, -0.05) is 11.6 Å². The van der Waals surface area contributed by atoms with Crippen molar-refractivity contribution in [1.82, 2.24) is 0 Å². The lowest BCUT2D eigenvalue weighted by Crippen LogP contribution is -2.28. The average Bonchev–Trinajstić information content (AvgIpc) is 2.86. The van der Waals surface area contributed by atoms with Crippen molar-refractivity contribution in [2.24, 2.45) is 0 Å². The summed E-state index contributed by atoms with van der Waals surface area (Å²) < 4.78 is 60.4. The van der Waals surface area contributed by atoms with E-state index in [4.69, 9.17) is 39.5 Å². The number of carbonyl (C=O) groups excluding carboxylic acids is 3. The first-order valence-corrected chi connectivity index (χ1v) is 14.2. The highest BCUT2D eigenvalue weighted by Crippen LogP contribution is 2.34. The van der Waals surface area contributed by atoms with Gasteiger partial charge in [-0.05, 0) is 84.7 Å². The van der Waals surface area contributed by atoms with E-state index >= 15 is 4.39 Å². The van der Waals surface area contributed by atoms with Gasteiger partial charge in [0.1, 0.15) is 33.1 Å². The molecule has 3 aromatic rings. The van der Waals surface area contributed by atoms with Gasteiger partial charge in [-0.3, -0.25) is 14.9 Å². The lowest BCUT2D eigenvalue weighted by atomic mass is 10.1. The normalized spacial score (nSPS) is 11.6. The zero-order valence-electron chi connectivity index (χ0n) is 22.6. The Hall–Kier alpha value is -3.06. The Bertz CT molecular complexity index is 1590. The molecule has 0 atom stereocenters. The molecule has 43 heavy (non-hydrogen) atoms. The molecule has 230 valence electrons. The molecule has 0 fully saturated rings. The molecule has 3 rings (SSSR count). The predicted molar refractivity (Wildman–Crippen MR) is 161 cm³/mol. The van der Waals surface area contributed by atoms with Crippen LogP contribution in [-0.4, -0.2) is 27.8 Å². The minimum Gasteiger partial charge on any atom is -0.444 e. The van der Waals surface area contributed by atoms with E-state index in [1.54, 1.807) is 20.8 Å². The maximum atomic E-state index is 15.1. The number of nitrogens with one attached hydrogen (secondary N) is 3. The van der Waals surface area contributed by atoms with Gasteiger partial charge in [0.25, 0.3) is 5.91 Å². The molecule has 0 saturated heterocycles. The summed E-state index contributed by atoms with van der Waals surface area (Å²) in [5.74, 6) is -5.61. The fourth-order valence-corrected chi connectivity index (χ4v) is 4.86. The lowest BCUT2D eigenvalue weighted by Gasteiger charge is -2.20. The number of ether oxygens (including phenoxy) is 1. The van der Waals surface area contributed by atoms with Crippen LogP contribution in [0, 0.1) is 23.3 Å². The van der Waals surface area contributed by atoms with E-state index in [1.165, 1.54) is 18.2 Å². The van der Waals surface area contributed by atoms with Crippen LogP contribution in [0.1, 0.15) is 43.1 Å². The summed E-state index contributed by atoms with van der Waals surface area (Å²) in [6.45, 7) is 4.68. The third-order valence-corrected chi connectivity index (χ3v) is 6.84. The zero-order valence-corrected chi connectivity index (χ0v) is 26.5. The zero-order chi connectivity index (χ0) is 32.3. The molecule has 0 aromatic heterocycles. The molecule has 0 spiro atoms. The number of benzene rings is 3. The smallest absolute Gasteiger partial charge is 0.412 e. The molecule has 3 amide bonds. The number of hydrogen-bond acceptors (Lipinski definition) is 4. The van der Waals surface area contributed by atoms with E-state index in [0.717, 1.165) is 24.3 Å². The molecule has 0 radical (unpaired) electrons. The SMILES string of the molecule is CC(C)(C)OC(=O)Nc1c(F)ccc(NC(=O)c2cc(NC(=O)CC(Cl)(Cl)Cc3cc(F)cc(Br)c3F)ccc2Cl)c1F. The van der Waals surface area contributed by atoms with Crippen molar-refractivity contribution in [3.8, 4) is 0 Å². The quantitative estimate of drug-likeness (QED) is 0.123. The minimum atomic E-state index is -1.84. The molecular weight excluding hydrogens is 705 g/mol. The predicted octanol–water partition coefficient (Wildman–Crippen LogP) is 9.00. The van der Waals surface area contributed by atoms with Crippen LogP contribution >= 0.6 is 50.7 Å². The fourth-order valence-electron chi connectivity index (χ4n) is 3.66. The molecule has 0 aliphatic heterocycles. The van der Waals surface area contributed by atoms with Gasteiger partial charge in [-0.25, -0.2) is 22.4 Å². The van der Waals surface area contributed by atoms with Crippen LogP contribution in [0.3, 0.4) is 0 Å². The van der Waals surface area contributed by atoms with Crippen molar-refractivity contribution in [3.63, 3.8) is 0 Å². The maximum Gasteiger partial charge on any atom is 0.412 e. The monoisotopic (exact) mass is 725 g/mol. The molecular formula is C28H23BrCl3F4N3O4. The van der Waals surface area contributed by atoms with Crippen molar-refractivity contribution in [3.05, 3.63) is 86.4 Å². The Labute approximate surface area is 267 Å². The second kappa shape index (κ2) is 13.7. The summed E-state index contributed by atoms with van der Waals surface area (Å²) in [6.07, 6.45) is -2.08. The van der Waals surface area contributed by atoms with Gasteiger partial charge in [0.15, 0.2) is 5.82 Å². The van der Waals surface area contributed by atoms with E-state index in [9.17, 15) is 27.6 Å². The van der Waals surface area contributed by atoms with E-state index in [0.29, 0.717) is 0 Å². The van der Waals surface area contributed by atoms with Crippen LogP contribution in [0.2, 0.25) is 5.02 Å². The average molecular weight is 728 g/mol. The second-order valence-corrected chi connectivity index (χ2v) is 13.1. The number of hydrogen-bond donors (Lipinski definition) is 3. The summed E-state index contributed by atoms with van der Waals surface area (Å²) in [7, 11) is 0. The first-order chi connectivity index (χ1) is 19.8. The molecule has 0 unspecified atom stereocenters. The van der Waals surface area contributed by atoms with Crippen LogP contribution in [0.4, 0.5) is 39.4 Å². The highest BCUT2D eigenvalue weighted by atomic mass is 79.9. The van der Waals surface area contributed by atoms with E-state index in [-0.39, 0.29) is 26.3 Å². The number of halogens is 8. The Balaban J connectivity index is 1.73. The van der Waals surface area contributed by atoms with Crippen LogP contribution in [0.5, 0.6) is 0 Å². The fraction of sp³-hybridized carbons (Fsp3) is 0.250. The topological polar surface area (TPSA) is 96.5 Å². The maximum absolute atomic E-state index is 15.1. The van der Waals surface area contributed by atoms with Crippen molar-refractivity contribution in [2.45, 2.75) is 43.5 Å². The standard InChI is InChI=1S/C28H23BrCl3F4N3O4/c1-27(2,3)43-26(42)39-24-19(34)6-7-20(23(24)36)38-25(41)16-10-15(4-5-18(16)30)37-21(40)12-28(31,32)11-13-8-14(33)9-17(29)22(13)35/h4-10H,11-12H2,1-3H3,(H,37,40)(H,38,41)(H,39,42). The Morgan fingerprint density at radius 3 is 2.23 bits per heavy atom. The van der Waals surface area contributed by atoms with Crippen molar-refractivity contribution < 1.29 is 36.7 Å². The van der Waals surface area contributed by atoms with Crippen molar-refractivity contribution in [2.75, 3.05) is 16.0 Å². The summed E-state index contributed by atoms with van der Waals surface area (Å²) in [6, 6.07) is 7.38. The van der Waals surface area contributed by atoms with Crippen LogP contribution in [0.15, 0.2) is 46.9 Å². The summed E-state index contributed by atoms with van der Waals surface area (Å²) in [5.41, 5.74) is -2.59. The first-order valence-electron chi connectivity index (χ1n) is 12.3. The largest absolute Gasteiger partial charge is 0.444 e. The molecule has 0 aliphatic carbocycles. The van der Waals surface area contributed by atoms with Crippen molar-refractivity contribution >= 4 is 85.7 Å². The Morgan fingerprint density at radius 1 is 0.907 bits per heavy atom. The molecule has 7 nitrogen and oxygen atoms in total. The van der Waals surface area contributed by atoms with Gasteiger partial charge in [-0.2, -0.15) is 0 Å². The van der Waals surface area contributed by atoms with Crippen molar-refractivity contribution in [1.29, 1.82) is 0 Å². The summed E-state index contributed by atoms with van der Waals surface area (Å²) >= 11 is 21.5. The summed E-state index contributed by atoms with van der Waals surface area (Å²) in [5, 5.41) is 6.59. The van der Waals surface area contributed by atoms with E-state index in [1.807, 2.05) is 5.32 Å².